The number of hydrogen-bond acceptors (Lipinski definition) is 3. The van der Waals surface area contributed by atoms with Crippen LogP contribution in [0.5, 0.6) is 11.5 Å². The van der Waals surface area contributed by atoms with Crippen molar-refractivity contribution in [3.05, 3.63) is 48.1 Å². The zero-order chi connectivity index (χ0) is 17.4. The standard InChI is InChI=1S/C20H27NO3/c1-3-4-5-6-15-7-10-17(11-8-15)21-20(23)14-16-9-12-18(22)19(13-16)24-2/h3,6,9,12-13,17,22H,1,4-5,7-8,10-11,14H2,2H3,(H,21,23). The molecule has 130 valence electrons. The van der Waals surface area contributed by atoms with Gasteiger partial charge in [0.1, 0.15) is 0 Å². The number of carbonyl (C=O) groups is 1. The molecule has 2 rings (SSSR count). The monoisotopic (exact) mass is 329 g/mol. The number of aromatic hydroxyl groups is 1. The van der Waals surface area contributed by atoms with Gasteiger partial charge in [-0.25, -0.2) is 0 Å². The second-order valence-corrected chi connectivity index (χ2v) is 6.25. The molecule has 0 unspecified atom stereocenters. The Morgan fingerprint density at radius 2 is 2.12 bits per heavy atom. The highest BCUT2D eigenvalue weighted by molar-refractivity contribution is 5.79. The predicted molar refractivity (Wildman–Crippen MR) is 96.3 cm³/mol. The molecule has 1 saturated carbocycles. The van der Waals surface area contributed by atoms with Gasteiger partial charge in [0.25, 0.3) is 0 Å². The SMILES string of the molecule is C=CCCC=C1CCC(NC(=O)Cc2ccc(O)c(OC)c2)CC1. The quantitative estimate of drug-likeness (QED) is 0.589. The van der Waals surface area contributed by atoms with Gasteiger partial charge in [0, 0.05) is 6.04 Å². The van der Waals surface area contributed by atoms with Crippen molar-refractivity contribution in [1.82, 2.24) is 5.32 Å². The average Bonchev–Trinajstić information content (AvgIpc) is 2.58. The number of benzene rings is 1. The number of hydrogen-bond donors (Lipinski definition) is 2. The van der Waals surface area contributed by atoms with E-state index in [1.165, 1.54) is 12.7 Å². The number of phenols is 1. The molecule has 0 radical (unpaired) electrons. The van der Waals surface area contributed by atoms with E-state index in [-0.39, 0.29) is 17.7 Å². The predicted octanol–water partition coefficient (Wildman–Crippen LogP) is 3.89. The summed E-state index contributed by atoms with van der Waals surface area (Å²) in [5.41, 5.74) is 2.34. The molecule has 0 heterocycles. The molecular weight excluding hydrogens is 302 g/mol. The van der Waals surface area contributed by atoms with E-state index in [1.54, 1.807) is 18.2 Å². The molecule has 1 aliphatic carbocycles. The van der Waals surface area contributed by atoms with Gasteiger partial charge in [-0.3, -0.25) is 4.79 Å². The molecule has 1 fully saturated rings. The number of phenolic OH excluding ortho intramolecular Hbond substituents is 1. The van der Waals surface area contributed by atoms with E-state index in [4.69, 9.17) is 4.74 Å². The zero-order valence-corrected chi connectivity index (χ0v) is 14.4. The fourth-order valence-electron chi connectivity index (χ4n) is 3.04. The highest BCUT2D eigenvalue weighted by Crippen LogP contribution is 2.27. The van der Waals surface area contributed by atoms with Crippen LogP contribution in [0.25, 0.3) is 0 Å². The molecule has 1 amide bonds. The Balaban J connectivity index is 1.79. The maximum atomic E-state index is 12.2. The first-order chi connectivity index (χ1) is 11.6. The Morgan fingerprint density at radius 1 is 1.38 bits per heavy atom. The van der Waals surface area contributed by atoms with E-state index < -0.39 is 0 Å². The fourth-order valence-corrected chi connectivity index (χ4v) is 3.04. The Bertz CT molecular complexity index is 597. The normalized spacial score (nSPS) is 17.2. The topological polar surface area (TPSA) is 58.6 Å². The summed E-state index contributed by atoms with van der Waals surface area (Å²) in [4.78, 5) is 12.2. The van der Waals surface area contributed by atoms with E-state index in [0.717, 1.165) is 44.1 Å². The van der Waals surface area contributed by atoms with Crippen LogP contribution in [-0.2, 0) is 11.2 Å². The third-order valence-electron chi connectivity index (χ3n) is 4.41. The lowest BCUT2D eigenvalue weighted by molar-refractivity contribution is -0.121. The van der Waals surface area contributed by atoms with Crippen molar-refractivity contribution in [2.24, 2.45) is 0 Å². The highest BCUT2D eigenvalue weighted by Gasteiger charge is 2.18. The maximum Gasteiger partial charge on any atom is 0.224 e. The van der Waals surface area contributed by atoms with Gasteiger partial charge < -0.3 is 15.2 Å². The van der Waals surface area contributed by atoms with Crippen LogP contribution in [0.1, 0.15) is 44.1 Å². The molecule has 0 bridgehead atoms. The number of methoxy groups -OCH3 is 1. The third kappa shape index (κ3) is 5.44. The van der Waals surface area contributed by atoms with E-state index in [0.29, 0.717) is 12.2 Å². The summed E-state index contributed by atoms with van der Waals surface area (Å²) < 4.78 is 5.08. The van der Waals surface area contributed by atoms with Crippen LogP contribution in [-0.4, -0.2) is 24.2 Å². The molecule has 1 aromatic rings. The Kier molecular flexibility index (Phi) is 6.91. The highest BCUT2D eigenvalue weighted by atomic mass is 16.5. The van der Waals surface area contributed by atoms with Gasteiger partial charge in [-0.1, -0.05) is 23.8 Å². The van der Waals surface area contributed by atoms with Crippen molar-refractivity contribution in [2.45, 2.75) is 51.0 Å². The summed E-state index contributed by atoms with van der Waals surface area (Å²) in [6.45, 7) is 3.74. The van der Waals surface area contributed by atoms with E-state index in [1.807, 2.05) is 6.08 Å². The number of ether oxygens (including phenoxy) is 1. The van der Waals surface area contributed by atoms with Crippen LogP contribution in [0.2, 0.25) is 0 Å². The average molecular weight is 329 g/mol. The van der Waals surface area contributed by atoms with Gasteiger partial charge in [-0.05, 0) is 56.2 Å². The molecule has 2 N–H and O–H groups in total. The number of nitrogens with one attached hydrogen (secondary N) is 1. The molecule has 0 spiro atoms. The Morgan fingerprint density at radius 3 is 2.79 bits per heavy atom. The van der Waals surface area contributed by atoms with Crippen LogP contribution < -0.4 is 10.1 Å². The number of allylic oxidation sites excluding steroid dienone is 3. The van der Waals surface area contributed by atoms with E-state index in [9.17, 15) is 9.90 Å². The van der Waals surface area contributed by atoms with Gasteiger partial charge in [-0.15, -0.1) is 6.58 Å². The van der Waals surface area contributed by atoms with Gasteiger partial charge in [0.05, 0.1) is 13.5 Å². The summed E-state index contributed by atoms with van der Waals surface area (Å²) in [5, 5.41) is 12.7. The fraction of sp³-hybridized carbons (Fsp3) is 0.450. The lowest BCUT2D eigenvalue weighted by Crippen LogP contribution is -2.37. The first-order valence-corrected chi connectivity index (χ1v) is 8.56. The smallest absolute Gasteiger partial charge is 0.224 e. The van der Waals surface area contributed by atoms with Crippen LogP contribution >= 0.6 is 0 Å². The van der Waals surface area contributed by atoms with Crippen molar-refractivity contribution in [3.8, 4) is 11.5 Å². The van der Waals surface area contributed by atoms with Gasteiger partial charge >= 0.3 is 0 Å². The Labute approximate surface area is 144 Å². The second-order valence-electron chi connectivity index (χ2n) is 6.25. The first kappa shape index (κ1) is 18.1. The lowest BCUT2D eigenvalue weighted by atomic mass is 9.90. The van der Waals surface area contributed by atoms with Crippen molar-refractivity contribution in [2.75, 3.05) is 7.11 Å². The molecule has 0 saturated heterocycles. The summed E-state index contributed by atoms with van der Waals surface area (Å²) in [6, 6.07) is 5.27. The van der Waals surface area contributed by atoms with Crippen molar-refractivity contribution in [3.63, 3.8) is 0 Å². The van der Waals surface area contributed by atoms with Crippen LogP contribution in [0, 0.1) is 0 Å². The van der Waals surface area contributed by atoms with Gasteiger partial charge in [-0.2, -0.15) is 0 Å². The molecule has 1 aliphatic rings. The third-order valence-corrected chi connectivity index (χ3v) is 4.41. The molecule has 0 atom stereocenters. The van der Waals surface area contributed by atoms with Gasteiger partial charge in [0.2, 0.25) is 5.91 Å². The number of amides is 1. The Hall–Kier alpha value is -2.23. The molecule has 0 aliphatic heterocycles. The van der Waals surface area contributed by atoms with E-state index >= 15 is 0 Å². The number of unbranched alkanes of at least 4 members (excludes halogenated alkanes) is 1. The number of rotatable bonds is 7. The molecule has 4 heteroatoms. The van der Waals surface area contributed by atoms with Crippen molar-refractivity contribution in [1.29, 1.82) is 0 Å². The summed E-state index contributed by atoms with van der Waals surface area (Å²) in [6.07, 6.45) is 10.8. The van der Waals surface area contributed by atoms with Gasteiger partial charge in [0.15, 0.2) is 11.5 Å². The minimum Gasteiger partial charge on any atom is -0.504 e. The summed E-state index contributed by atoms with van der Waals surface area (Å²) >= 11 is 0. The van der Waals surface area contributed by atoms with Crippen LogP contribution in [0.3, 0.4) is 0 Å². The summed E-state index contributed by atoms with van der Waals surface area (Å²) in [7, 11) is 1.50. The van der Waals surface area contributed by atoms with Crippen molar-refractivity contribution < 1.29 is 14.6 Å². The minimum atomic E-state index is 0.0202. The molecule has 24 heavy (non-hydrogen) atoms. The largest absolute Gasteiger partial charge is 0.504 e. The first-order valence-electron chi connectivity index (χ1n) is 8.56. The van der Waals surface area contributed by atoms with Crippen LogP contribution in [0.4, 0.5) is 0 Å². The zero-order valence-electron chi connectivity index (χ0n) is 14.4. The van der Waals surface area contributed by atoms with Crippen molar-refractivity contribution >= 4 is 5.91 Å². The number of carbonyl (C=O) groups excluding carboxylic acids is 1. The maximum absolute atomic E-state index is 12.2. The summed E-state index contributed by atoms with van der Waals surface area (Å²) in [5.74, 6) is 0.504. The van der Waals surface area contributed by atoms with Crippen LogP contribution in [0.15, 0.2) is 42.5 Å². The molecule has 4 nitrogen and oxygen atoms in total. The molecule has 0 aromatic heterocycles. The van der Waals surface area contributed by atoms with E-state index in [2.05, 4.69) is 18.0 Å². The molecular formula is C20H27NO3. The molecule has 1 aromatic carbocycles. The lowest BCUT2D eigenvalue weighted by Gasteiger charge is -2.25. The second kappa shape index (κ2) is 9.16. The minimum absolute atomic E-state index is 0.0202.